The van der Waals surface area contributed by atoms with Gasteiger partial charge >= 0.3 is 0 Å². The van der Waals surface area contributed by atoms with E-state index >= 15 is 0 Å². The maximum atomic E-state index is 4.03. The van der Waals surface area contributed by atoms with E-state index in [4.69, 9.17) is 0 Å². The van der Waals surface area contributed by atoms with Crippen molar-refractivity contribution in [1.29, 1.82) is 0 Å². The molecule has 64 valence electrons. The number of H-pyrrole nitrogens is 1. The van der Waals surface area contributed by atoms with Crippen LogP contribution in [0.2, 0.25) is 0 Å². The van der Waals surface area contributed by atoms with Crippen LogP contribution >= 0.6 is 0 Å². The molecule has 3 unspecified atom stereocenters. The van der Waals surface area contributed by atoms with Crippen molar-refractivity contribution in [2.75, 3.05) is 0 Å². The van der Waals surface area contributed by atoms with Gasteiger partial charge in [0.05, 0.1) is 0 Å². The predicted molar refractivity (Wildman–Crippen MR) is 46.8 cm³/mol. The number of aromatic nitrogens is 2. The van der Waals surface area contributed by atoms with Gasteiger partial charge in [0, 0.05) is 17.8 Å². The molecule has 2 bridgehead atoms. The molecule has 0 saturated heterocycles. The molecule has 1 N–H and O–H groups in total. The zero-order valence-electron chi connectivity index (χ0n) is 7.16. The molecule has 0 aromatic carbocycles. The fraction of sp³-hybridized carbons (Fsp3) is 0.700. The van der Waals surface area contributed by atoms with E-state index in [-0.39, 0.29) is 0 Å². The molecular formula is C10H14N2. The minimum atomic E-state index is 0.811. The first-order valence-electron chi connectivity index (χ1n) is 4.93. The third kappa shape index (κ3) is 0.838. The number of nitrogens with zero attached hydrogens (tertiary/aromatic N) is 1. The Morgan fingerprint density at radius 1 is 1.33 bits per heavy atom. The van der Waals surface area contributed by atoms with Crippen molar-refractivity contribution in [2.24, 2.45) is 11.8 Å². The lowest BCUT2D eigenvalue weighted by Gasteiger charge is -2.19. The highest BCUT2D eigenvalue weighted by Gasteiger charge is 2.40. The average molecular weight is 162 g/mol. The summed E-state index contributed by atoms with van der Waals surface area (Å²) in [5, 5.41) is 7.14. The van der Waals surface area contributed by atoms with Crippen molar-refractivity contribution >= 4 is 0 Å². The monoisotopic (exact) mass is 162 g/mol. The molecule has 0 radical (unpaired) electrons. The van der Waals surface area contributed by atoms with Crippen molar-refractivity contribution in [2.45, 2.75) is 31.6 Å². The van der Waals surface area contributed by atoms with Gasteiger partial charge in [-0.2, -0.15) is 5.10 Å². The second kappa shape index (κ2) is 2.35. The van der Waals surface area contributed by atoms with E-state index in [1.165, 1.54) is 31.4 Å². The second-order valence-corrected chi connectivity index (χ2v) is 4.29. The first-order chi connectivity index (χ1) is 5.93. The largest absolute Gasteiger partial charge is 0.282 e. The molecule has 2 aliphatic carbocycles. The quantitative estimate of drug-likeness (QED) is 0.674. The zero-order chi connectivity index (χ0) is 7.97. The molecule has 0 spiro atoms. The minimum absolute atomic E-state index is 0.811. The molecule has 1 aromatic heterocycles. The van der Waals surface area contributed by atoms with Crippen LogP contribution in [0.1, 0.15) is 37.3 Å². The Bertz CT molecular complexity index is 265. The molecule has 12 heavy (non-hydrogen) atoms. The van der Waals surface area contributed by atoms with Crippen molar-refractivity contribution in [3.8, 4) is 0 Å². The van der Waals surface area contributed by atoms with Crippen LogP contribution in [0.4, 0.5) is 0 Å². The first kappa shape index (κ1) is 6.70. The Hall–Kier alpha value is -0.790. The number of fused-ring (bicyclic) bond motifs is 2. The first-order valence-corrected chi connectivity index (χ1v) is 4.93. The Morgan fingerprint density at radius 2 is 2.33 bits per heavy atom. The lowest BCUT2D eigenvalue weighted by atomic mass is 9.87. The van der Waals surface area contributed by atoms with Gasteiger partial charge in [0.25, 0.3) is 0 Å². The lowest BCUT2D eigenvalue weighted by molar-refractivity contribution is 0.413. The Balaban J connectivity index is 1.87. The lowest BCUT2D eigenvalue weighted by Crippen LogP contribution is -2.08. The summed E-state index contributed by atoms with van der Waals surface area (Å²) >= 11 is 0. The molecular weight excluding hydrogens is 148 g/mol. The van der Waals surface area contributed by atoms with Crippen LogP contribution in [-0.4, -0.2) is 10.2 Å². The maximum Gasteiger partial charge on any atom is 0.0490 e. The van der Waals surface area contributed by atoms with Gasteiger partial charge < -0.3 is 0 Å². The molecule has 2 aliphatic rings. The fourth-order valence-corrected chi connectivity index (χ4v) is 3.10. The van der Waals surface area contributed by atoms with Gasteiger partial charge in [-0.15, -0.1) is 0 Å². The maximum absolute atomic E-state index is 4.03. The van der Waals surface area contributed by atoms with Crippen LogP contribution in [0.3, 0.4) is 0 Å². The molecule has 0 aliphatic heterocycles. The van der Waals surface area contributed by atoms with Gasteiger partial charge in [-0.1, -0.05) is 6.42 Å². The normalized spacial score (nSPS) is 39.2. The van der Waals surface area contributed by atoms with Gasteiger partial charge in [0.15, 0.2) is 0 Å². The number of aromatic amines is 1. The van der Waals surface area contributed by atoms with Crippen LogP contribution in [0, 0.1) is 11.8 Å². The van der Waals surface area contributed by atoms with E-state index in [1.54, 1.807) is 0 Å². The molecule has 0 amide bonds. The summed E-state index contributed by atoms with van der Waals surface area (Å²) in [6, 6.07) is 2.14. The number of nitrogens with one attached hydrogen (secondary N) is 1. The molecule has 1 aromatic rings. The third-order valence-electron chi connectivity index (χ3n) is 3.66. The standard InChI is InChI=1S/C10H14N2/c1-2-8-5-7(1)6-9(8)10-3-4-11-12-10/h3-4,7-9H,1-2,5-6H2,(H,11,12). The Kier molecular flexibility index (Phi) is 1.31. The summed E-state index contributed by atoms with van der Waals surface area (Å²) in [5.41, 5.74) is 1.38. The van der Waals surface area contributed by atoms with Gasteiger partial charge in [-0.3, -0.25) is 5.10 Å². The summed E-state index contributed by atoms with van der Waals surface area (Å²) in [7, 11) is 0. The van der Waals surface area contributed by atoms with E-state index in [1.807, 2.05) is 6.20 Å². The average Bonchev–Trinajstić information content (AvgIpc) is 2.81. The molecule has 2 heteroatoms. The predicted octanol–water partition coefficient (Wildman–Crippen LogP) is 2.31. The molecule has 1 heterocycles. The van der Waals surface area contributed by atoms with E-state index in [0.29, 0.717) is 0 Å². The minimum Gasteiger partial charge on any atom is -0.282 e. The van der Waals surface area contributed by atoms with Crippen molar-refractivity contribution in [1.82, 2.24) is 10.2 Å². The highest BCUT2D eigenvalue weighted by molar-refractivity contribution is 5.12. The molecule has 2 fully saturated rings. The zero-order valence-corrected chi connectivity index (χ0v) is 7.16. The molecule has 3 rings (SSSR count). The second-order valence-electron chi connectivity index (χ2n) is 4.29. The highest BCUT2D eigenvalue weighted by atomic mass is 15.1. The van der Waals surface area contributed by atoms with Crippen molar-refractivity contribution < 1.29 is 0 Å². The topological polar surface area (TPSA) is 28.7 Å². The number of hydrogen-bond acceptors (Lipinski definition) is 1. The molecule has 3 atom stereocenters. The SMILES string of the molecule is c1cc(C2CC3CCC2C3)[nH]n1. The van der Waals surface area contributed by atoms with Gasteiger partial charge in [-0.25, -0.2) is 0 Å². The molecule has 2 saturated carbocycles. The van der Waals surface area contributed by atoms with Crippen LogP contribution in [-0.2, 0) is 0 Å². The van der Waals surface area contributed by atoms with E-state index in [9.17, 15) is 0 Å². The van der Waals surface area contributed by atoms with Crippen molar-refractivity contribution in [3.05, 3.63) is 18.0 Å². The van der Waals surface area contributed by atoms with Crippen LogP contribution in [0.5, 0.6) is 0 Å². The summed E-state index contributed by atoms with van der Waals surface area (Å²) in [4.78, 5) is 0. The van der Waals surface area contributed by atoms with Gasteiger partial charge in [-0.05, 0) is 37.2 Å². The molecule has 2 nitrogen and oxygen atoms in total. The Morgan fingerprint density at radius 3 is 2.92 bits per heavy atom. The highest BCUT2D eigenvalue weighted by Crippen LogP contribution is 2.52. The van der Waals surface area contributed by atoms with E-state index < -0.39 is 0 Å². The Labute approximate surface area is 72.4 Å². The van der Waals surface area contributed by atoms with Gasteiger partial charge in [0.2, 0.25) is 0 Å². The van der Waals surface area contributed by atoms with Crippen LogP contribution in [0.25, 0.3) is 0 Å². The van der Waals surface area contributed by atoms with Crippen molar-refractivity contribution in [3.63, 3.8) is 0 Å². The third-order valence-corrected chi connectivity index (χ3v) is 3.66. The number of hydrogen-bond donors (Lipinski definition) is 1. The summed E-state index contributed by atoms with van der Waals surface area (Å²) < 4.78 is 0. The number of rotatable bonds is 1. The van der Waals surface area contributed by atoms with Gasteiger partial charge in [0.1, 0.15) is 0 Å². The van der Waals surface area contributed by atoms with Crippen LogP contribution < -0.4 is 0 Å². The summed E-state index contributed by atoms with van der Waals surface area (Å²) in [5.74, 6) is 2.81. The smallest absolute Gasteiger partial charge is 0.0490 e. The van der Waals surface area contributed by atoms with E-state index in [0.717, 1.165) is 17.8 Å². The van der Waals surface area contributed by atoms with Crippen LogP contribution in [0.15, 0.2) is 12.3 Å². The summed E-state index contributed by atoms with van der Waals surface area (Å²) in [6.45, 7) is 0. The summed E-state index contributed by atoms with van der Waals surface area (Å²) in [6.07, 6.45) is 7.70. The fourth-order valence-electron chi connectivity index (χ4n) is 3.10. The van der Waals surface area contributed by atoms with E-state index in [2.05, 4.69) is 16.3 Å².